The Bertz CT molecular complexity index is 481. The van der Waals surface area contributed by atoms with Gasteiger partial charge in [-0.15, -0.1) is 0 Å². The van der Waals surface area contributed by atoms with Crippen LogP contribution in [-0.4, -0.2) is 17.6 Å². The minimum absolute atomic E-state index is 0.115. The molecule has 0 bridgehead atoms. The Morgan fingerprint density at radius 2 is 2.06 bits per heavy atom. The number of nitrogens with one attached hydrogen (secondary N) is 1. The first-order chi connectivity index (χ1) is 8.21. The van der Waals surface area contributed by atoms with Crippen molar-refractivity contribution in [1.82, 2.24) is 0 Å². The molecule has 0 aliphatic carbocycles. The lowest BCUT2D eigenvalue weighted by atomic mass is 10.1. The molecule has 0 aliphatic heterocycles. The number of carbonyl (C=O) groups is 1. The summed E-state index contributed by atoms with van der Waals surface area (Å²) in [6.07, 6.45) is -4.43. The summed E-state index contributed by atoms with van der Waals surface area (Å²) in [6, 6.07) is 3.73. The van der Waals surface area contributed by atoms with Crippen molar-refractivity contribution in [1.29, 1.82) is 0 Å². The second-order valence-corrected chi connectivity index (χ2v) is 3.79. The third kappa shape index (κ3) is 3.51. The summed E-state index contributed by atoms with van der Waals surface area (Å²) in [5.41, 5.74) is -0.544. The van der Waals surface area contributed by atoms with Crippen LogP contribution < -0.4 is 5.32 Å². The number of hydrogen-bond acceptors (Lipinski definition) is 2. The lowest BCUT2D eigenvalue weighted by molar-refractivity contribution is -0.138. The van der Waals surface area contributed by atoms with Gasteiger partial charge < -0.3 is 10.4 Å². The summed E-state index contributed by atoms with van der Waals surface area (Å²) in [6.45, 7) is 4.52. The number of alkyl halides is 3. The van der Waals surface area contributed by atoms with E-state index < -0.39 is 17.7 Å². The van der Waals surface area contributed by atoms with Crippen molar-refractivity contribution < 1.29 is 23.1 Å². The third-order valence-corrected chi connectivity index (χ3v) is 2.35. The number of halogens is 3. The Morgan fingerprint density at radius 1 is 1.44 bits per heavy atom. The van der Waals surface area contributed by atoms with Crippen LogP contribution >= 0.6 is 0 Å². The van der Waals surface area contributed by atoms with Crippen LogP contribution in [-0.2, 0) is 11.0 Å². The molecule has 0 amide bonds. The summed E-state index contributed by atoms with van der Waals surface area (Å²) < 4.78 is 37.8. The smallest absolute Gasteiger partial charge is 0.416 e. The molecule has 0 heterocycles. The number of aryl methyl sites for hydroxylation is 1. The van der Waals surface area contributed by atoms with E-state index in [0.717, 1.165) is 6.07 Å². The molecule has 1 rings (SSSR count). The Hall–Kier alpha value is -1.98. The van der Waals surface area contributed by atoms with Crippen molar-refractivity contribution in [2.75, 3.05) is 11.9 Å². The number of anilines is 1. The van der Waals surface area contributed by atoms with Crippen molar-refractivity contribution >= 4 is 11.7 Å². The number of aliphatic carboxylic acids is 1. The van der Waals surface area contributed by atoms with E-state index in [1.165, 1.54) is 19.1 Å². The highest BCUT2D eigenvalue weighted by molar-refractivity contribution is 5.86. The van der Waals surface area contributed by atoms with Gasteiger partial charge in [-0.2, -0.15) is 13.2 Å². The zero-order chi connectivity index (χ0) is 13.9. The van der Waals surface area contributed by atoms with Gasteiger partial charge in [-0.1, -0.05) is 12.6 Å². The van der Waals surface area contributed by atoms with Crippen molar-refractivity contribution in [3.05, 3.63) is 41.5 Å². The minimum atomic E-state index is -4.43. The van der Waals surface area contributed by atoms with E-state index in [1.54, 1.807) is 0 Å². The zero-order valence-electron chi connectivity index (χ0n) is 9.64. The van der Waals surface area contributed by atoms with E-state index in [1.807, 2.05) is 0 Å². The molecule has 0 radical (unpaired) electrons. The Morgan fingerprint density at radius 3 is 2.56 bits per heavy atom. The molecule has 0 spiro atoms. The molecule has 0 atom stereocenters. The fourth-order valence-corrected chi connectivity index (χ4v) is 1.32. The van der Waals surface area contributed by atoms with Crippen LogP contribution in [0.2, 0.25) is 0 Å². The topological polar surface area (TPSA) is 49.3 Å². The molecule has 0 aromatic heterocycles. The quantitative estimate of drug-likeness (QED) is 0.817. The fourth-order valence-electron chi connectivity index (χ4n) is 1.32. The highest BCUT2D eigenvalue weighted by atomic mass is 19.4. The molecule has 0 fully saturated rings. The van der Waals surface area contributed by atoms with Crippen LogP contribution in [0.1, 0.15) is 11.1 Å². The summed E-state index contributed by atoms with van der Waals surface area (Å²) in [5, 5.41) is 11.2. The predicted molar refractivity (Wildman–Crippen MR) is 61.4 cm³/mol. The molecule has 0 unspecified atom stereocenters. The Balaban J connectivity index is 2.86. The summed E-state index contributed by atoms with van der Waals surface area (Å²) in [5.74, 6) is -1.19. The number of benzene rings is 1. The van der Waals surface area contributed by atoms with Gasteiger partial charge in [-0.3, -0.25) is 0 Å². The average Bonchev–Trinajstić information content (AvgIpc) is 2.25. The van der Waals surface area contributed by atoms with Gasteiger partial charge in [0, 0.05) is 17.8 Å². The van der Waals surface area contributed by atoms with Gasteiger partial charge in [-0.05, 0) is 24.6 Å². The molecule has 6 heteroatoms. The van der Waals surface area contributed by atoms with Crippen molar-refractivity contribution in [2.45, 2.75) is 13.1 Å². The van der Waals surface area contributed by atoms with Gasteiger partial charge >= 0.3 is 12.1 Å². The van der Waals surface area contributed by atoms with Crippen molar-refractivity contribution in [3.63, 3.8) is 0 Å². The third-order valence-electron chi connectivity index (χ3n) is 2.35. The summed E-state index contributed by atoms with van der Waals surface area (Å²) >= 11 is 0. The van der Waals surface area contributed by atoms with Crippen LogP contribution in [0.3, 0.4) is 0 Å². The Labute approximate surface area is 102 Å². The van der Waals surface area contributed by atoms with Crippen molar-refractivity contribution in [2.24, 2.45) is 0 Å². The number of rotatable bonds is 4. The van der Waals surface area contributed by atoms with Gasteiger partial charge in [0.1, 0.15) is 0 Å². The van der Waals surface area contributed by atoms with Crippen LogP contribution in [0, 0.1) is 6.92 Å². The molecule has 18 heavy (non-hydrogen) atoms. The molecular weight excluding hydrogens is 247 g/mol. The molecule has 0 saturated carbocycles. The normalized spacial score (nSPS) is 11.1. The SMILES string of the molecule is C=C(CNc1ccc(C)c(C(F)(F)F)c1)C(=O)O. The van der Waals surface area contributed by atoms with Crippen LogP contribution in [0.4, 0.5) is 18.9 Å². The second-order valence-electron chi connectivity index (χ2n) is 3.79. The van der Waals surface area contributed by atoms with Crippen LogP contribution in [0.25, 0.3) is 0 Å². The maximum Gasteiger partial charge on any atom is 0.416 e. The molecule has 0 aliphatic rings. The first kappa shape index (κ1) is 14.1. The molecule has 1 aromatic carbocycles. The maximum absolute atomic E-state index is 12.6. The van der Waals surface area contributed by atoms with Gasteiger partial charge in [0.15, 0.2) is 0 Å². The maximum atomic E-state index is 12.6. The van der Waals surface area contributed by atoms with Gasteiger partial charge in [0.25, 0.3) is 0 Å². The first-order valence-electron chi connectivity index (χ1n) is 5.04. The summed E-state index contributed by atoms with van der Waals surface area (Å²) in [7, 11) is 0. The number of carboxylic acid groups (broad SMARTS) is 1. The average molecular weight is 259 g/mol. The van der Waals surface area contributed by atoms with E-state index in [-0.39, 0.29) is 23.4 Å². The van der Waals surface area contributed by atoms with Gasteiger partial charge in [-0.25, -0.2) is 4.79 Å². The standard InChI is InChI=1S/C12H12F3NO2/c1-7-3-4-9(5-10(7)12(13,14)15)16-6-8(2)11(17)18/h3-5,16H,2,6H2,1H3,(H,17,18). The molecular formula is C12H12F3NO2. The molecule has 98 valence electrons. The van der Waals surface area contributed by atoms with Crippen LogP contribution in [0.15, 0.2) is 30.4 Å². The van der Waals surface area contributed by atoms with Crippen molar-refractivity contribution in [3.8, 4) is 0 Å². The predicted octanol–water partition coefficient (Wildman–Crippen LogP) is 3.07. The highest BCUT2D eigenvalue weighted by Gasteiger charge is 2.32. The minimum Gasteiger partial charge on any atom is -0.478 e. The first-order valence-corrected chi connectivity index (χ1v) is 5.04. The van der Waals surface area contributed by atoms with E-state index in [9.17, 15) is 18.0 Å². The second kappa shape index (κ2) is 5.12. The molecule has 1 aromatic rings. The zero-order valence-corrected chi connectivity index (χ0v) is 9.64. The number of carboxylic acids is 1. The largest absolute Gasteiger partial charge is 0.478 e. The lowest BCUT2D eigenvalue weighted by Crippen LogP contribution is -2.13. The molecule has 0 saturated heterocycles. The van der Waals surface area contributed by atoms with Crippen LogP contribution in [0.5, 0.6) is 0 Å². The van der Waals surface area contributed by atoms with Gasteiger partial charge in [0.2, 0.25) is 0 Å². The summed E-state index contributed by atoms with van der Waals surface area (Å²) in [4.78, 5) is 10.5. The van der Waals surface area contributed by atoms with E-state index >= 15 is 0 Å². The Kier molecular flexibility index (Phi) is 4.00. The fraction of sp³-hybridized carbons (Fsp3) is 0.250. The van der Waals surface area contributed by atoms with E-state index in [2.05, 4.69) is 11.9 Å². The monoisotopic (exact) mass is 259 g/mol. The van der Waals surface area contributed by atoms with Gasteiger partial charge in [0.05, 0.1) is 5.56 Å². The molecule has 2 N–H and O–H groups in total. The molecule has 3 nitrogen and oxygen atoms in total. The highest BCUT2D eigenvalue weighted by Crippen LogP contribution is 2.33. The van der Waals surface area contributed by atoms with E-state index in [0.29, 0.717) is 0 Å². The number of hydrogen-bond donors (Lipinski definition) is 2. The van der Waals surface area contributed by atoms with E-state index in [4.69, 9.17) is 5.11 Å². The lowest BCUT2D eigenvalue weighted by Gasteiger charge is -2.13.